The third-order valence-electron chi connectivity index (χ3n) is 2.14. The smallest absolute Gasteiger partial charge is 0.326 e. The van der Waals surface area contributed by atoms with Gasteiger partial charge in [-0.1, -0.05) is 20.3 Å². The summed E-state index contributed by atoms with van der Waals surface area (Å²) in [5.41, 5.74) is -0.965. The number of unbranched alkanes of at least 4 members (excludes halogenated alkanes) is 1. The maximum Gasteiger partial charge on any atom is 0.326 e. The molecule has 0 bridgehead atoms. The molecular formula is C10H17NO2. The van der Waals surface area contributed by atoms with Gasteiger partial charge >= 0.3 is 5.97 Å². The number of ether oxygens (including phenoxy) is 1. The lowest BCUT2D eigenvalue weighted by atomic mass is 9.90. The molecule has 0 heterocycles. The molecule has 0 fully saturated rings. The van der Waals surface area contributed by atoms with Crippen LogP contribution in [0.15, 0.2) is 0 Å². The maximum absolute atomic E-state index is 11.4. The first-order chi connectivity index (χ1) is 6.10. The minimum atomic E-state index is -0.965. The van der Waals surface area contributed by atoms with Crippen LogP contribution in [0.3, 0.4) is 0 Å². The number of rotatable bonds is 5. The Morgan fingerprint density at radius 2 is 2.15 bits per heavy atom. The minimum absolute atomic E-state index is 0.397. The predicted octanol–water partition coefficient (Wildman–Crippen LogP) is 2.27. The molecule has 0 aromatic carbocycles. The standard InChI is InChI=1S/C10H17NO2/c1-4-6-7-13-9(12)10(3,5-2)8-11/h4-7H2,1-3H3. The lowest BCUT2D eigenvalue weighted by Gasteiger charge is -2.17. The Hall–Kier alpha value is -1.04. The molecule has 3 heteroatoms. The molecule has 0 aliphatic heterocycles. The summed E-state index contributed by atoms with van der Waals surface area (Å²) < 4.78 is 4.97. The molecular weight excluding hydrogens is 166 g/mol. The number of carbonyl (C=O) groups excluding carboxylic acids is 1. The van der Waals surface area contributed by atoms with Crippen molar-refractivity contribution in [3.05, 3.63) is 0 Å². The SMILES string of the molecule is CCCCOC(=O)C(C)(C#N)CC. The van der Waals surface area contributed by atoms with E-state index in [4.69, 9.17) is 10.00 Å². The summed E-state index contributed by atoms with van der Waals surface area (Å²) in [6.07, 6.45) is 2.34. The van der Waals surface area contributed by atoms with Crippen molar-refractivity contribution in [1.29, 1.82) is 5.26 Å². The monoisotopic (exact) mass is 183 g/mol. The second-order valence-corrected chi connectivity index (χ2v) is 3.29. The molecule has 0 radical (unpaired) electrons. The zero-order valence-electron chi connectivity index (χ0n) is 8.59. The summed E-state index contributed by atoms with van der Waals surface area (Å²) in [5.74, 6) is -0.397. The van der Waals surface area contributed by atoms with Crippen LogP contribution in [0.1, 0.15) is 40.0 Å². The minimum Gasteiger partial charge on any atom is -0.465 e. The van der Waals surface area contributed by atoms with E-state index in [1.54, 1.807) is 6.92 Å². The summed E-state index contributed by atoms with van der Waals surface area (Å²) in [6.45, 7) is 5.87. The molecule has 1 atom stereocenters. The summed E-state index contributed by atoms with van der Waals surface area (Å²) in [4.78, 5) is 11.4. The van der Waals surface area contributed by atoms with E-state index < -0.39 is 11.4 Å². The van der Waals surface area contributed by atoms with Crippen LogP contribution in [0.2, 0.25) is 0 Å². The number of nitrogens with zero attached hydrogens (tertiary/aromatic N) is 1. The van der Waals surface area contributed by atoms with Crippen molar-refractivity contribution in [2.24, 2.45) is 5.41 Å². The Bertz CT molecular complexity index is 207. The molecule has 0 amide bonds. The first-order valence-electron chi connectivity index (χ1n) is 4.69. The van der Waals surface area contributed by atoms with Gasteiger partial charge in [-0.2, -0.15) is 5.26 Å². The molecule has 74 valence electrons. The van der Waals surface area contributed by atoms with Gasteiger partial charge in [0, 0.05) is 0 Å². The van der Waals surface area contributed by atoms with Crippen LogP contribution in [-0.2, 0) is 9.53 Å². The van der Waals surface area contributed by atoms with Crippen LogP contribution in [0.25, 0.3) is 0 Å². The quantitative estimate of drug-likeness (QED) is 0.485. The highest BCUT2D eigenvalue weighted by Crippen LogP contribution is 2.21. The van der Waals surface area contributed by atoms with E-state index in [9.17, 15) is 4.79 Å². The number of esters is 1. The second-order valence-electron chi connectivity index (χ2n) is 3.29. The van der Waals surface area contributed by atoms with Gasteiger partial charge in [0.15, 0.2) is 5.41 Å². The molecule has 0 saturated heterocycles. The van der Waals surface area contributed by atoms with E-state index in [2.05, 4.69) is 0 Å². The molecule has 0 aromatic rings. The predicted molar refractivity (Wildman–Crippen MR) is 49.9 cm³/mol. The van der Waals surface area contributed by atoms with Crippen molar-refractivity contribution in [2.45, 2.75) is 40.0 Å². The van der Waals surface area contributed by atoms with E-state index in [1.165, 1.54) is 0 Å². The van der Waals surface area contributed by atoms with Crippen molar-refractivity contribution in [3.63, 3.8) is 0 Å². The van der Waals surface area contributed by atoms with Gasteiger partial charge < -0.3 is 4.74 Å². The maximum atomic E-state index is 11.4. The number of nitriles is 1. The molecule has 1 unspecified atom stereocenters. The van der Waals surface area contributed by atoms with E-state index in [0.717, 1.165) is 12.8 Å². The van der Waals surface area contributed by atoms with Gasteiger partial charge in [-0.25, -0.2) is 0 Å². The Morgan fingerprint density at radius 3 is 2.54 bits per heavy atom. The van der Waals surface area contributed by atoms with Crippen molar-refractivity contribution < 1.29 is 9.53 Å². The third kappa shape index (κ3) is 3.45. The van der Waals surface area contributed by atoms with Crippen LogP contribution in [0.4, 0.5) is 0 Å². The number of hydrogen-bond acceptors (Lipinski definition) is 3. The molecule has 0 saturated carbocycles. The van der Waals surface area contributed by atoms with Crippen molar-refractivity contribution in [2.75, 3.05) is 6.61 Å². The van der Waals surface area contributed by atoms with Crippen LogP contribution in [-0.4, -0.2) is 12.6 Å². The van der Waals surface area contributed by atoms with Gasteiger partial charge in [0.05, 0.1) is 12.7 Å². The summed E-state index contributed by atoms with van der Waals surface area (Å²) in [7, 11) is 0. The highest BCUT2D eigenvalue weighted by Gasteiger charge is 2.32. The van der Waals surface area contributed by atoms with Crippen LogP contribution in [0.5, 0.6) is 0 Å². The molecule has 0 N–H and O–H groups in total. The Morgan fingerprint density at radius 1 is 1.54 bits per heavy atom. The molecule has 3 nitrogen and oxygen atoms in total. The largest absolute Gasteiger partial charge is 0.465 e. The summed E-state index contributed by atoms with van der Waals surface area (Å²) >= 11 is 0. The lowest BCUT2D eigenvalue weighted by Crippen LogP contribution is -2.27. The van der Waals surface area contributed by atoms with Crippen LogP contribution >= 0.6 is 0 Å². The molecule has 0 rings (SSSR count). The Labute approximate surface area is 79.7 Å². The normalized spacial score (nSPS) is 14.3. The topological polar surface area (TPSA) is 50.1 Å². The fraction of sp³-hybridized carbons (Fsp3) is 0.800. The second kappa shape index (κ2) is 5.58. The highest BCUT2D eigenvalue weighted by atomic mass is 16.5. The fourth-order valence-corrected chi connectivity index (χ4v) is 0.738. The highest BCUT2D eigenvalue weighted by molar-refractivity contribution is 5.79. The van der Waals surface area contributed by atoms with E-state index in [0.29, 0.717) is 13.0 Å². The fourth-order valence-electron chi connectivity index (χ4n) is 0.738. The van der Waals surface area contributed by atoms with Gasteiger partial charge in [0.25, 0.3) is 0 Å². The third-order valence-corrected chi connectivity index (χ3v) is 2.14. The van der Waals surface area contributed by atoms with Gasteiger partial charge in [0.2, 0.25) is 0 Å². The average Bonchev–Trinajstić information content (AvgIpc) is 2.17. The molecule has 0 spiro atoms. The molecule has 13 heavy (non-hydrogen) atoms. The van der Waals surface area contributed by atoms with Crippen LogP contribution in [0, 0.1) is 16.7 Å². The van der Waals surface area contributed by atoms with Gasteiger partial charge in [-0.15, -0.1) is 0 Å². The van der Waals surface area contributed by atoms with E-state index >= 15 is 0 Å². The van der Waals surface area contributed by atoms with Gasteiger partial charge in [-0.3, -0.25) is 4.79 Å². The zero-order valence-corrected chi connectivity index (χ0v) is 8.59. The molecule has 0 aliphatic carbocycles. The van der Waals surface area contributed by atoms with Crippen molar-refractivity contribution in [3.8, 4) is 6.07 Å². The van der Waals surface area contributed by atoms with Crippen molar-refractivity contribution >= 4 is 5.97 Å². The molecule has 0 aliphatic rings. The van der Waals surface area contributed by atoms with Crippen LogP contribution < -0.4 is 0 Å². The zero-order chi connectivity index (χ0) is 10.3. The Balaban J connectivity index is 4.02. The van der Waals surface area contributed by atoms with E-state index in [-0.39, 0.29) is 0 Å². The summed E-state index contributed by atoms with van der Waals surface area (Å²) in [6, 6.07) is 1.98. The average molecular weight is 183 g/mol. The first-order valence-corrected chi connectivity index (χ1v) is 4.69. The first kappa shape index (κ1) is 12.0. The van der Waals surface area contributed by atoms with Crippen molar-refractivity contribution in [1.82, 2.24) is 0 Å². The summed E-state index contributed by atoms with van der Waals surface area (Å²) in [5, 5.41) is 8.76. The number of hydrogen-bond donors (Lipinski definition) is 0. The van der Waals surface area contributed by atoms with E-state index in [1.807, 2.05) is 19.9 Å². The van der Waals surface area contributed by atoms with Gasteiger partial charge in [-0.05, 0) is 19.8 Å². The molecule has 0 aromatic heterocycles. The number of carbonyl (C=O) groups is 1. The Kier molecular flexibility index (Phi) is 5.13. The lowest BCUT2D eigenvalue weighted by molar-refractivity contribution is -0.151. The van der Waals surface area contributed by atoms with Gasteiger partial charge in [0.1, 0.15) is 0 Å².